The average molecular weight is 332 g/mol. The zero-order valence-electron chi connectivity index (χ0n) is 14.4. The molecule has 25 heavy (non-hydrogen) atoms. The van der Waals surface area contributed by atoms with Crippen molar-refractivity contribution in [2.75, 3.05) is 4.90 Å². The molecular weight excluding hydrogens is 312 g/mol. The molecule has 126 valence electrons. The molecular formula is C21H20N2O2. The second kappa shape index (κ2) is 5.59. The van der Waals surface area contributed by atoms with E-state index in [1.54, 1.807) is 24.3 Å². The summed E-state index contributed by atoms with van der Waals surface area (Å²) in [5.74, 6) is -0.194. The van der Waals surface area contributed by atoms with E-state index in [0.717, 1.165) is 18.5 Å². The van der Waals surface area contributed by atoms with Crippen LogP contribution in [0, 0.1) is 0 Å². The van der Waals surface area contributed by atoms with Gasteiger partial charge in [-0.15, -0.1) is 0 Å². The number of carbonyl (C=O) groups is 2. The molecule has 0 spiro atoms. The van der Waals surface area contributed by atoms with E-state index in [1.165, 1.54) is 0 Å². The van der Waals surface area contributed by atoms with Crippen molar-refractivity contribution in [3.8, 4) is 0 Å². The van der Waals surface area contributed by atoms with Gasteiger partial charge in [0.15, 0.2) is 0 Å². The summed E-state index contributed by atoms with van der Waals surface area (Å²) < 4.78 is 0. The molecule has 2 aromatic rings. The predicted octanol–water partition coefficient (Wildman–Crippen LogP) is 3.90. The molecule has 1 aliphatic heterocycles. The number of carbonyl (C=O) groups excluding carboxylic acids is 2. The molecule has 2 aliphatic rings. The van der Waals surface area contributed by atoms with Gasteiger partial charge in [-0.25, -0.2) is 0 Å². The van der Waals surface area contributed by atoms with E-state index in [4.69, 9.17) is 0 Å². The van der Waals surface area contributed by atoms with Gasteiger partial charge < -0.3 is 10.2 Å². The smallest absolute Gasteiger partial charge is 0.212 e. The Morgan fingerprint density at radius 2 is 1.40 bits per heavy atom. The second-order valence-electron chi connectivity index (χ2n) is 6.46. The van der Waals surface area contributed by atoms with Crippen molar-refractivity contribution < 1.29 is 9.59 Å². The molecule has 0 saturated heterocycles. The Labute approximate surface area is 147 Å². The van der Waals surface area contributed by atoms with Crippen molar-refractivity contribution in [1.82, 2.24) is 5.32 Å². The predicted molar refractivity (Wildman–Crippen MR) is 97.5 cm³/mol. The Morgan fingerprint density at radius 1 is 0.840 bits per heavy atom. The SMILES string of the molecule is CCC1(CC)NC2=C(C(=O)c3ccccc3C2=O)N1c1ccccc1. The summed E-state index contributed by atoms with van der Waals surface area (Å²) in [6, 6.07) is 16.9. The fourth-order valence-electron chi connectivity index (χ4n) is 3.89. The number of Topliss-reactive ketones (excluding diaryl/α,β-unsaturated/α-hetero) is 2. The van der Waals surface area contributed by atoms with E-state index in [2.05, 4.69) is 19.2 Å². The van der Waals surface area contributed by atoms with Crippen LogP contribution in [0.4, 0.5) is 5.69 Å². The first kappa shape index (κ1) is 15.6. The molecule has 0 fully saturated rings. The Balaban J connectivity index is 1.95. The number of para-hydroxylation sites is 1. The average Bonchev–Trinajstić information content (AvgIpc) is 3.03. The first-order chi connectivity index (χ1) is 12.1. The molecule has 0 bridgehead atoms. The van der Waals surface area contributed by atoms with Crippen molar-refractivity contribution in [3.63, 3.8) is 0 Å². The summed E-state index contributed by atoms with van der Waals surface area (Å²) in [6.07, 6.45) is 1.53. The number of rotatable bonds is 3. The van der Waals surface area contributed by atoms with Crippen molar-refractivity contribution >= 4 is 17.3 Å². The second-order valence-corrected chi connectivity index (χ2v) is 6.46. The van der Waals surface area contributed by atoms with Crippen molar-refractivity contribution in [1.29, 1.82) is 0 Å². The van der Waals surface area contributed by atoms with Gasteiger partial charge in [0.25, 0.3) is 0 Å². The lowest BCUT2D eigenvalue weighted by molar-refractivity contribution is 0.0973. The number of hydrogen-bond donors (Lipinski definition) is 1. The molecule has 4 nitrogen and oxygen atoms in total. The van der Waals surface area contributed by atoms with Crippen LogP contribution in [0.2, 0.25) is 0 Å². The number of hydrogen-bond acceptors (Lipinski definition) is 4. The number of nitrogens with zero attached hydrogens (tertiary/aromatic N) is 1. The Kier molecular flexibility index (Phi) is 3.49. The van der Waals surface area contributed by atoms with Crippen LogP contribution in [0.15, 0.2) is 66.0 Å². The highest BCUT2D eigenvalue weighted by molar-refractivity contribution is 6.28. The van der Waals surface area contributed by atoms with E-state index < -0.39 is 5.66 Å². The monoisotopic (exact) mass is 332 g/mol. The van der Waals surface area contributed by atoms with E-state index in [9.17, 15) is 9.59 Å². The number of benzene rings is 2. The normalized spacial score (nSPS) is 18.1. The van der Waals surface area contributed by atoms with Crippen molar-refractivity contribution in [3.05, 3.63) is 77.1 Å². The molecule has 4 heteroatoms. The Morgan fingerprint density at radius 3 is 2.00 bits per heavy atom. The lowest BCUT2D eigenvalue weighted by Crippen LogP contribution is -2.52. The van der Waals surface area contributed by atoms with Crippen LogP contribution in [0.3, 0.4) is 0 Å². The summed E-state index contributed by atoms with van der Waals surface area (Å²) in [7, 11) is 0. The third-order valence-electron chi connectivity index (χ3n) is 5.29. The zero-order valence-corrected chi connectivity index (χ0v) is 14.4. The zero-order chi connectivity index (χ0) is 17.6. The van der Waals surface area contributed by atoms with E-state index in [1.807, 2.05) is 35.2 Å². The largest absolute Gasteiger partial charge is 0.357 e. The van der Waals surface area contributed by atoms with Gasteiger partial charge in [-0.3, -0.25) is 9.59 Å². The van der Waals surface area contributed by atoms with Gasteiger partial charge in [-0.2, -0.15) is 0 Å². The first-order valence-corrected chi connectivity index (χ1v) is 8.69. The molecule has 1 heterocycles. The van der Waals surface area contributed by atoms with Gasteiger partial charge in [0, 0.05) is 16.8 Å². The van der Waals surface area contributed by atoms with Crippen LogP contribution in [-0.2, 0) is 0 Å². The van der Waals surface area contributed by atoms with Crippen LogP contribution in [0.25, 0.3) is 0 Å². The van der Waals surface area contributed by atoms with Crippen LogP contribution in [0.1, 0.15) is 47.4 Å². The van der Waals surface area contributed by atoms with Gasteiger partial charge in [0.2, 0.25) is 11.6 Å². The highest BCUT2D eigenvalue weighted by Gasteiger charge is 2.50. The molecule has 0 amide bonds. The molecule has 0 aromatic heterocycles. The minimum atomic E-state index is -0.473. The molecule has 1 aliphatic carbocycles. The van der Waals surface area contributed by atoms with Crippen molar-refractivity contribution in [2.24, 2.45) is 0 Å². The number of allylic oxidation sites excluding steroid dienone is 2. The Hall–Kier alpha value is -2.88. The third kappa shape index (κ3) is 2.07. The quantitative estimate of drug-likeness (QED) is 0.926. The van der Waals surface area contributed by atoms with E-state index >= 15 is 0 Å². The Bertz CT molecular complexity index is 895. The van der Waals surface area contributed by atoms with Crippen LogP contribution >= 0.6 is 0 Å². The summed E-state index contributed by atoms with van der Waals surface area (Å²) >= 11 is 0. The number of fused-ring (bicyclic) bond motifs is 1. The summed E-state index contributed by atoms with van der Waals surface area (Å²) in [5.41, 5.74) is 2.31. The molecule has 2 aromatic carbocycles. The highest BCUT2D eigenvalue weighted by atomic mass is 16.1. The standard InChI is InChI=1S/C21H20N2O2/c1-3-21(4-2)22-17-18(23(21)14-10-6-5-7-11-14)20(25)16-13-9-8-12-15(16)19(17)24/h5-13,22H,3-4H2,1-2H3. The molecule has 4 rings (SSSR count). The fourth-order valence-corrected chi connectivity index (χ4v) is 3.89. The lowest BCUT2D eigenvalue weighted by Gasteiger charge is -2.40. The maximum atomic E-state index is 13.3. The van der Waals surface area contributed by atoms with Gasteiger partial charge in [0.1, 0.15) is 17.1 Å². The van der Waals surface area contributed by atoms with Crippen LogP contribution < -0.4 is 10.2 Å². The maximum absolute atomic E-state index is 13.3. The van der Waals surface area contributed by atoms with Gasteiger partial charge in [-0.1, -0.05) is 56.3 Å². The van der Waals surface area contributed by atoms with E-state index in [-0.39, 0.29) is 11.6 Å². The van der Waals surface area contributed by atoms with Gasteiger partial charge in [-0.05, 0) is 25.0 Å². The highest BCUT2D eigenvalue weighted by Crippen LogP contribution is 2.42. The van der Waals surface area contributed by atoms with Gasteiger partial charge >= 0.3 is 0 Å². The summed E-state index contributed by atoms with van der Waals surface area (Å²) in [5, 5.41) is 3.41. The topological polar surface area (TPSA) is 49.4 Å². The van der Waals surface area contributed by atoms with Gasteiger partial charge in [0.05, 0.1) is 0 Å². The molecule has 1 N–H and O–H groups in total. The van der Waals surface area contributed by atoms with Crippen LogP contribution in [0.5, 0.6) is 0 Å². The van der Waals surface area contributed by atoms with Crippen LogP contribution in [-0.4, -0.2) is 17.2 Å². The van der Waals surface area contributed by atoms with E-state index in [0.29, 0.717) is 22.5 Å². The number of ketones is 2. The molecule has 0 atom stereocenters. The summed E-state index contributed by atoms with van der Waals surface area (Å²) in [6.45, 7) is 4.15. The third-order valence-corrected chi connectivity index (χ3v) is 5.29. The number of nitrogens with one attached hydrogen (secondary N) is 1. The molecule has 0 unspecified atom stereocenters. The fraction of sp³-hybridized carbons (Fsp3) is 0.238. The van der Waals surface area contributed by atoms with Crippen molar-refractivity contribution in [2.45, 2.75) is 32.4 Å². The first-order valence-electron chi connectivity index (χ1n) is 8.69. The minimum absolute atomic E-state index is 0.0923. The molecule has 0 saturated carbocycles. The lowest BCUT2D eigenvalue weighted by atomic mass is 9.90. The maximum Gasteiger partial charge on any atom is 0.212 e. The summed E-state index contributed by atoms with van der Waals surface area (Å²) in [4.78, 5) is 28.3. The minimum Gasteiger partial charge on any atom is -0.357 e. The molecule has 0 radical (unpaired) electrons. The number of anilines is 1.